The Hall–Kier alpha value is -1.82. The van der Waals surface area contributed by atoms with Crippen molar-refractivity contribution in [3.63, 3.8) is 0 Å². The fourth-order valence-corrected chi connectivity index (χ4v) is 4.34. The lowest BCUT2D eigenvalue weighted by atomic mass is 9.86. The summed E-state index contributed by atoms with van der Waals surface area (Å²) in [6.45, 7) is 2.21. The van der Waals surface area contributed by atoms with Crippen molar-refractivity contribution in [1.82, 2.24) is 4.90 Å². The third kappa shape index (κ3) is 5.16. The Morgan fingerprint density at radius 2 is 1.82 bits per heavy atom. The molecule has 0 aromatic heterocycles. The molecule has 2 aliphatic carbocycles. The Labute approximate surface area is 164 Å². The van der Waals surface area contributed by atoms with Gasteiger partial charge in [-0.25, -0.2) is 0 Å². The number of rotatable bonds is 6. The van der Waals surface area contributed by atoms with Crippen molar-refractivity contribution < 1.29 is 18.0 Å². The van der Waals surface area contributed by atoms with Crippen LogP contribution in [0, 0.1) is 11.8 Å². The standard InChI is InChI=1S/C22H29F3N2O/c1-2-17(12-15-6-4-3-5-7-15)19-13-20(19)27(21(28)22(23,24)25)14-16-8-10-18(26)11-9-16/h3-7,12,16,18-20H,2,8-11,13-14,26H2,1H3/b17-12+. The molecule has 0 aliphatic heterocycles. The van der Waals surface area contributed by atoms with E-state index in [2.05, 4.69) is 6.08 Å². The van der Waals surface area contributed by atoms with Gasteiger partial charge in [0.2, 0.25) is 0 Å². The van der Waals surface area contributed by atoms with Gasteiger partial charge in [-0.2, -0.15) is 13.2 Å². The Kier molecular flexibility index (Phi) is 6.48. The van der Waals surface area contributed by atoms with Gasteiger partial charge in [-0.3, -0.25) is 4.79 Å². The highest BCUT2D eigenvalue weighted by Crippen LogP contribution is 2.45. The van der Waals surface area contributed by atoms with Gasteiger partial charge in [0.05, 0.1) is 0 Å². The smallest absolute Gasteiger partial charge is 0.331 e. The summed E-state index contributed by atoms with van der Waals surface area (Å²) in [6.07, 6.45) is 1.83. The number of hydrogen-bond donors (Lipinski definition) is 1. The predicted octanol–water partition coefficient (Wildman–Crippen LogP) is 4.78. The average molecular weight is 394 g/mol. The average Bonchev–Trinajstić information content (AvgIpc) is 3.45. The van der Waals surface area contributed by atoms with Crippen LogP contribution in [-0.2, 0) is 4.79 Å². The number of hydrogen-bond acceptors (Lipinski definition) is 2. The predicted molar refractivity (Wildman–Crippen MR) is 104 cm³/mol. The zero-order chi connectivity index (χ0) is 20.3. The van der Waals surface area contributed by atoms with Crippen LogP contribution in [-0.4, -0.2) is 35.6 Å². The van der Waals surface area contributed by atoms with Crippen molar-refractivity contribution >= 4 is 12.0 Å². The molecule has 0 heterocycles. The van der Waals surface area contributed by atoms with Gasteiger partial charge in [0.1, 0.15) is 0 Å². The molecule has 3 nitrogen and oxygen atoms in total. The van der Waals surface area contributed by atoms with Crippen LogP contribution in [0.2, 0.25) is 0 Å². The van der Waals surface area contributed by atoms with E-state index < -0.39 is 12.1 Å². The summed E-state index contributed by atoms with van der Waals surface area (Å²) in [5.41, 5.74) is 8.07. The lowest BCUT2D eigenvalue weighted by Gasteiger charge is -2.32. The lowest BCUT2D eigenvalue weighted by molar-refractivity contribution is -0.187. The zero-order valence-corrected chi connectivity index (χ0v) is 16.3. The summed E-state index contributed by atoms with van der Waals surface area (Å²) in [5, 5.41) is 0. The minimum absolute atomic E-state index is 0.0161. The minimum Gasteiger partial charge on any atom is -0.331 e. The molecule has 6 heteroatoms. The first-order valence-electron chi connectivity index (χ1n) is 10.2. The Morgan fingerprint density at radius 3 is 2.39 bits per heavy atom. The number of carbonyl (C=O) groups excluding carboxylic acids is 1. The molecule has 2 fully saturated rings. The van der Waals surface area contributed by atoms with Gasteiger partial charge in [0, 0.05) is 24.5 Å². The number of benzene rings is 1. The second-order valence-corrected chi connectivity index (χ2v) is 8.13. The summed E-state index contributed by atoms with van der Waals surface area (Å²) < 4.78 is 39.7. The molecule has 2 N–H and O–H groups in total. The fourth-order valence-electron chi connectivity index (χ4n) is 4.34. The number of carbonyl (C=O) groups is 1. The van der Waals surface area contributed by atoms with Crippen molar-refractivity contribution in [1.29, 1.82) is 0 Å². The normalized spacial score (nSPS) is 28.1. The molecule has 0 spiro atoms. The molecule has 154 valence electrons. The largest absolute Gasteiger partial charge is 0.471 e. The molecule has 0 saturated heterocycles. The van der Waals surface area contributed by atoms with Crippen LogP contribution in [0.25, 0.3) is 6.08 Å². The molecule has 2 unspecified atom stereocenters. The SMILES string of the molecule is CC/C(=C\c1ccccc1)C1CC1N(CC1CCC(N)CC1)C(=O)C(F)(F)F. The van der Waals surface area contributed by atoms with E-state index in [9.17, 15) is 18.0 Å². The van der Waals surface area contributed by atoms with Crippen molar-refractivity contribution in [3.8, 4) is 0 Å². The van der Waals surface area contributed by atoms with E-state index in [0.717, 1.165) is 48.1 Å². The number of nitrogens with zero attached hydrogens (tertiary/aromatic N) is 1. The van der Waals surface area contributed by atoms with Crippen LogP contribution in [0.3, 0.4) is 0 Å². The molecule has 0 radical (unpaired) electrons. The number of nitrogens with two attached hydrogens (primary N) is 1. The Balaban J connectivity index is 1.74. The Bertz CT molecular complexity index is 693. The van der Waals surface area contributed by atoms with Crippen molar-refractivity contribution in [2.45, 2.75) is 63.7 Å². The zero-order valence-electron chi connectivity index (χ0n) is 16.3. The van der Waals surface area contributed by atoms with Gasteiger partial charge in [-0.1, -0.05) is 48.9 Å². The van der Waals surface area contributed by atoms with E-state index >= 15 is 0 Å². The first-order valence-corrected chi connectivity index (χ1v) is 10.2. The molecular weight excluding hydrogens is 365 g/mol. The van der Waals surface area contributed by atoms with Crippen LogP contribution in [0.5, 0.6) is 0 Å². The maximum absolute atomic E-state index is 13.2. The van der Waals surface area contributed by atoms with Crippen LogP contribution in [0.1, 0.15) is 51.0 Å². The third-order valence-electron chi connectivity index (χ3n) is 6.04. The first-order chi connectivity index (χ1) is 13.3. The van der Waals surface area contributed by atoms with Gasteiger partial charge in [0.25, 0.3) is 0 Å². The van der Waals surface area contributed by atoms with Gasteiger partial charge in [-0.15, -0.1) is 0 Å². The topological polar surface area (TPSA) is 46.3 Å². The van der Waals surface area contributed by atoms with E-state index in [1.54, 1.807) is 0 Å². The lowest BCUT2D eigenvalue weighted by Crippen LogP contribution is -2.46. The molecule has 2 atom stereocenters. The summed E-state index contributed by atoms with van der Waals surface area (Å²) in [6, 6.07) is 9.57. The summed E-state index contributed by atoms with van der Waals surface area (Å²) in [7, 11) is 0. The van der Waals surface area contributed by atoms with Gasteiger partial charge in [-0.05, 0) is 50.0 Å². The number of halogens is 3. The molecule has 1 aromatic rings. The van der Waals surface area contributed by atoms with E-state index in [1.165, 1.54) is 0 Å². The molecule has 28 heavy (non-hydrogen) atoms. The Morgan fingerprint density at radius 1 is 1.18 bits per heavy atom. The monoisotopic (exact) mass is 394 g/mol. The third-order valence-corrected chi connectivity index (χ3v) is 6.04. The first kappa shape index (κ1) is 20.9. The van der Waals surface area contributed by atoms with E-state index in [0.29, 0.717) is 6.42 Å². The van der Waals surface area contributed by atoms with E-state index in [1.807, 2.05) is 37.3 Å². The maximum atomic E-state index is 13.2. The molecule has 2 saturated carbocycles. The second kappa shape index (κ2) is 8.68. The highest BCUT2D eigenvalue weighted by Gasteiger charge is 2.52. The van der Waals surface area contributed by atoms with Crippen molar-refractivity contribution in [2.24, 2.45) is 17.6 Å². The quantitative estimate of drug-likeness (QED) is 0.755. The molecule has 3 rings (SSSR count). The fraction of sp³-hybridized carbons (Fsp3) is 0.591. The summed E-state index contributed by atoms with van der Waals surface area (Å²) in [5.74, 6) is -1.57. The summed E-state index contributed by atoms with van der Waals surface area (Å²) >= 11 is 0. The number of alkyl halides is 3. The van der Waals surface area contributed by atoms with Gasteiger partial charge in [0.15, 0.2) is 0 Å². The van der Waals surface area contributed by atoms with Crippen LogP contribution >= 0.6 is 0 Å². The molecule has 0 bridgehead atoms. The highest BCUT2D eigenvalue weighted by molar-refractivity contribution is 5.82. The van der Waals surface area contributed by atoms with Crippen molar-refractivity contribution in [2.75, 3.05) is 6.54 Å². The van der Waals surface area contributed by atoms with E-state index in [-0.39, 0.29) is 30.5 Å². The minimum atomic E-state index is -4.83. The van der Waals surface area contributed by atoms with Gasteiger partial charge >= 0.3 is 12.1 Å². The summed E-state index contributed by atoms with van der Waals surface area (Å²) in [4.78, 5) is 13.3. The van der Waals surface area contributed by atoms with Crippen molar-refractivity contribution in [3.05, 3.63) is 41.5 Å². The molecule has 2 aliphatic rings. The molecular formula is C22H29F3N2O. The molecule has 1 amide bonds. The van der Waals surface area contributed by atoms with Crippen LogP contribution in [0.15, 0.2) is 35.9 Å². The number of amides is 1. The second-order valence-electron chi connectivity index (χ2n) is 8.13. The van der Waals surface area contributed by atoms with E-state index in [4.69, 9.17) is 5.73 Å². The van der Waals surface area contributed by atoms with Gasteiger partial charge < -0.3 is 10.6 Å². The maximum Gasteiger partial charge on any atom is 0.471 e. The van der Waals surface area contributed by atoms with Crippen LogP contribution < -0.4 is 5.73 Å². The highest BCUT2D eigenvalue weighted by atomic mass is 19.4. The van der Waals surface area contributed by atoms with Crippen LogP contribution in [0.4, 0.5) is 13.2 Å². The molecule has 1 aromatic carbocycles.